The van der Waals surface area contributed by atoms with Crippen molar-refractivity contribution in [3.63, 3.8) is 0 Å². The third-order valence-corrected chi connectivity index (χ3v) is 4.19. The lowest BCUT2D eigenvalue weighted by molar-refractivity contribution is -0.119. The zero-order valence-corrected chi connectivity index (χ0v) is 16.3. The highest BCUT2D eigenvalue weighted by molar-refractivity contribution is 9.11. The predicted octanol–water partition coefficient (Wildman–Crippen LogP) is 4.83. The van der Waals surface area contributed by atoms with Gasteiger partial charge in [0.2, 0.25) is 0 Å². The molecule has 0 radical (unpaired) electrons. The Hall–Kier alpha value is -1.92. The van der Waals surface area contributed by atoms with Gasteiger partial charge in [0.05, 0.1) is 12.3 Å². The summed E-state index contributed by atoms with van der Waals surface area (Å²) in [6.07, 6.45) is 3.80. The standard InChI is InChI=1S/C18H17Br2N3O/c1-13(7-8-14-5-3-2-4-6-14)22-23-18(24)12-21-17-10-9-15(19)11-16(17)20/h2-11,21H,12H2,1H3,(H,23,24). The summed E-state index contributed by atoms with van der Waals surface area (Å²) in [5.41, 5.74) is 5.18. The van der Waals surface area contributed by atoms with E-state index in [1.165, 1.54) is 0 Å². The van der Waals surface area contributed by atoms with E-state index in [-0.39, 0.29) is 12.5 Å². The lowest BCUT2D eigenvalue weighted by Gasteiger charge is -2.08. The molecule has 0 aromatic heterocycles. The maximum Gasteiger partial charge on any atom is 0.259 e. The molecule has 6 heteroatoms. The molecule has 124 valence electrons. The van der Waals surface area contributed by atoms with E-state index in [1.807, 2.05) is 67.6 Å². The summed E-state index contributed by atoms with van der Waals surface area (Å²) >= 11 is 6.83. The minimum Gasteiger partial charge on any atom is -0.375 e. The van der Waals surface area contributed by atoms with E-state index in [4.69, 9.17) is 0 Å². The summed E-state index contributed by atoms with van der Waals surface area (Å²) in [7, 11) is 0. The molecular formula is C18H17Br2N3O. The third-order valence-electron chi connectivity index (χ3n) is 3.04. The van der Waals surface area contributed by atoms with Gasteiger partial charge in [-0.3, -0.25) is 4.79 Å². The smallest absolute Gasteiger partial charge is 0.259 e. The number of nitrogens with zero attached hydrogens (tertiary/aromatic N) is 1. The van der Waals surface area contributed by atoms with Gasteiger partial charge < -0.3 is 5.32 Å². The van der Waals surface area contributed by atoms with Crippen LogP contribution in [0.25, 0.3) is 6.08 Å². The number of hydrazone groups is 1. The highest BCUT2D eigenvalue weighted by Gasteiger charge is 2.03. The number of anilines is 1. The average molecular weight is 451 g/mol. The number of carbonyl (C=O) groups is 1. The SMILES string of the molecule is CC(C=Cc1ccccc1)=NNC(=O)CNc1ccc(Br)cc1Br. The Bertz CT molecular complexity index is 758. The summed E-state index contributed by atoms with van der Waals surface area (Å²) < 4.78 is 1.85. The van der Waals surface area contributed by atoms with Crippen molar-refractivity contribution in [2.45, 2.75) is 6.92 Å². The molecule has 0 bridgehead atoms. The molecule has 0 atom stereocenters. The number of allylic oxidation sites excluding steroid dienone is 1. The summed E-state index contributed by atoms with van der Waals surface area (Å²) in [6, 6.07) is 15.6. The molecule has 2 rings (SSSR count). The number of hydrogen-bond acceptors (Lipinski definition) is 3. The first-order chi connectivity index (χ1) is 11.5. The van der Waals surface area contributed by atoms with Crippen molar-refractivity contribution in [3.8, 4) is 0 Å². The largest absolute Gasteiger partial charge is 0.375 e. The Morgan fingerprint density at radius 2 is 1.92 bits per heavy atom. The van der Waals surface area contributed by atoms with Crippen LogP contribution in [0.1, 0.15) is 12.5 Å². The van der Waals surface area contributed by atoms with Gasteiger partial charge in [-0.05, 0) is 52.7 Å². The zero-order chi connectivity index (χ0) is 17.4. The zero-order valence-electron chi connectivity index (χ0n) is 13.1. The van der Waals surface area contributed by atoms with Crippen molar-refractivity contribution in [2.75, 3.05) is 11.9 Å². The van der Waals surface area contributed by atoms with E-state index in [1.54, 1.807) is 0 Å². The van der Waals surface area contributed by atoms with Gasteiger partial charge in [0, 0.05) is 14.6 Å². The molecule has 2 aromatic rings. The number of halogens is 2. The van der Waals surface area contributed by atoms with Gasteiger partial charge in [-0.1, -0.05) is 52.3 Å². The van der Waals surface area contributed by atoms with Crippen molar-refractivity contribution in [3.05, 3.63) is 69.1 Å². The molecule has 0 aliphatic carbocycles. The van der Waals surface area contributed by atoms with E-state index < -0.39 is 0 Å². The first-order valence-electron chi connectivity index (χ1n) is 7.30. The van der Waals surface area contributed by atoms with Gasteiger partial charge in [-0.15, -0.1) is 0 Å². The molecule has 0 unspecified atom stereocenters. The van der Waals surface area contributed by atoms with Gasteiger partial charge in [-0.2, -0.15) is 5.10 Å². The number of amides is 1. The van der Waals surface area contributed by atoms with Crippen LogP contribution in [0, 0.1) is 0 Å². The second kappa shape index (κ2) is 9.39. The molecule has 0 heterocycles. The van der Waals surface area contributed by atoms with Crippen molar-refractivity contribution in [2.24, 2.45) is 5.10 Å². The fourth-order valence-corrected chi connectivity index (χ4v) is 3.00. The second-order valence-corrected chi connectivity index (χ2v) is 6.78. The quantitative estimate of drug-likeness (QED) is 0.489. The molecule has 0 saturated heterocycles. The first-order valence-corrected chi connectivity index (χ1v) is 8.88. The van der Waals surface area contributed by atoms with Crippen molar-refractivity contribution in [1.82, 2.24) is 5.43 Å². The molecule has 4 nitrogen and oxygen atoms in total. The fourth-order valence-electron chi connectivity index (χ4n) is 1.82. The molecule has 0 aliphatic rings. The fraction of sp³-hybridized carbons (Fsp3) is 0.111. The highest BCUT2D eigenvalue weighted by atomic mass is 79.9. The highest BCUT2D eigenvalue weighted by Crippen LogP contribution is 2.25. The monoisotopic (exact) mass is 449 g/mol. The normalized spacial score (nSPS) is 11.5. The van der Waals surface area contributed by atoms with Crippen LogP contribution < -0.4 is 10.7 Å². The number of carbonyl (C=O) groups excluding carboxylic acids is 1. The number of nitrogens with one attached hydrogen (secondary N) is 2. The van der Waals surface area contributed by atoms with Crippen molar-refractivity contribution < 1.29 is 4.79 Å². The van der Waals surface area contributed by atoms with Gasteiger partial charge >= 0.3 is 0 Å². The number of benzene rings is 2. The minimum absolute atomic E-state index is 0.138. The van der Waals surface area contributed by atoms with E-state index in [0.29, 0.717) is 0 Å². The molecule has 0 saturated carbocycles. The van der Waals surface area contributed by atoms with Crippen molar-refractivity contribution in [1.29, 1.82) is 0 Å². The topological polar surface area (TPSA) is 53.5 Å². The van der Waals surface area contributed by atoms with Crippen LogP contribution in [0.3, 0.4) is 0 Å². The Kier molecular flexibility index (Phi) is 7.21. The molecule has 0 fully saturated rings. The van der Waals surface area contributed by atoms with Gasteiger partial charge in [0.25, 0.3) is 5.91 Å². The molecule has 2 N–H and O–H groups in total. The first kappa shape index (κ1) is 18.4. The number of hydrogen-bond donors (Lipinski definition) is 2. The van der Waals surface area contributed by atoms with Crippen molar-refractivity contribution >= 4 is 55.2 Å². The lowest BCUT2D eigenvalue weighted by Crippen LogP contribution is -2.26. The Balaban J connectivity index is 1.82. The van der Waals surface area contributed by atoms with Crippen LogP contribution in [-0.2, 0) is 4.79 Å². The van der Waals surface area contributed by atoms with Crippen LogP contribution in [0.4, 0.5) is 5.69 Å². The molecule has 0 spiro atoms. The third kappa shape index (κ3) is 6.29. The Morgan fingerprint density at radius 3 is 2.62 bits per heavy atom. The van der Waals surface area contributed by atoms with Gasteiger partial charge in [-0.25, -0.2) is 5.43 Å². The molecular weight excluding hydrogens is 434 g/mol. The summed E-state index contributed by atoms with van der Waals surface area (Å²) in [5, 5.41) is 7.11. The maximum absolute atomic E-state index is 11.8. The van der Waals surface area contributed by atoms with Crippen LogP contribution in [0.15, 0.2) is 68.7 Å². The van der Waals surface area contributed by atoms with E-state index >= 15 is 0 Å². The molecule has 2 aromatic carbocycles. The van der Waals surface area contributed by atoms with Crippen LogP contribution >= 0.6 is 31.9 Å². The van der Waals surface area contributed by atoms with Crippen LogP contribution in [0.5, 0.6) is 0 Å². The van der Waals surface area contributed by atoms with Crippen LogP contribution in [-0.4, -0.2) is 18.2 Å². The lowest BCUT2D eigenvalue weighted by atomic mass is 10.2. The van der Waals surface area contributed by atoms with Gasteiger partial charge in [0.1, 0.15) is 0 Å². The molecule has 24 heavy (non-hydrogen) atoms. The van der Waals surface area contributed by atoms with Crippen LogP contribution in [0.2, 0.25) is 0 Å². The van der Waals surface area contributed by atoms with E-state index in [0.717, 1.165) is 25.9 Å². The molecule has 1 amide bonds. The van der Waals surface area contributed by atoms with Gasteiger partial charge in [0.15, 0.2) is 0 Å². The minimum atomic E-state index is -0.211. The molecule has 0 aliphatic heterocycles. The second-order valence-electron chi connectivity index (χ2n) is 5.01. The van der Waals surface area contributed by atoms with E-state index in [2.05, 4.69) is 47.7 Å². The Morgan fingerprint density at radius 1 is 1.17 bits per heavy atom. The summed E-state index contributed by atoms with van der Waals surface area (Å²) in [6.45, 7) is 1.97. The predicted molar refractivity (Wildman–Crippen MR) is 107 cm³/mol. The van der Waals surface area contributed by atoms with E-state index in [9.17, 15) is 4.79 Å². The number of rotatable bonds is 6. The summed E-state index contributed by atoms with van der Waals surface area (Å²) in [4.78, 5) is 11.8. The summed E-state index contributed by atoms with van der Waals surface area (Å²) in [5.74, 6) is -0.211. The average Bonchev–Trinajstić information content (AvgIpc) is 2.58. The Labute approximate surface area is 158 Å². The maximum atomic E-state index is 11.8.